The van der Waals surface area contributed by atoms with E-state index in [-0.39, 0.29) is 5.91 Å². The quantitative estimate of drug-likeness (QED) is 0.722. The van der Waals surface area contributed by atoms with Crippen LogP contribution in [0.15, 0.2) is 24.3 Å². The number of ether oxygens (including phenoxy) is 1. The van der Waals surface area contributed by atoms with Gasteiger partial charge < -0.3 is 9.64 Å². The van der Waals surface area contributed by atoms with E-state index in [1.54, 1.807) is 12.0 Å². The molecule has 1 aromatic rings. The highest BCUT2D eigenvalue weighted by Gasteiger charge is 2.10. The molecular formula is C14H17NO2. The van der Waals surface area contributed by atoms with Gasteiger partial charge in [-0.25, -0.2) is 0 Å². The minimum atomic E-state index is 0.0515. The first-order chi connectivity index (χ1) is 8.21. The molecule has 0 N–H and O–H groups in total. The van der Waals surface area contributed by atoms with Gasteiger partial charge in [0.25, 0.3) is 0 Å². The van der Waals surface area contributed by atoms with Gasteiger partial charge in [-0.1, -0.05) is 18.1 Å². The molecule has 0 unspecified atom stereocenters. The van der Waals surface area contributed by atoms with Crippen molar-refractivity contribution in [2.24, 2.45) is 0 Å². The first-order valence-corrected chi connectivity index (χ1v) is 5.55. The molecule has 1 amide bonds. The third kappa shape index (κ3) is 3.84. The van der Waals surface area contributed by atoms with Crippen molar-refractivity contribution < 1.29 is 9.53 Å². The van der Waals surface area contributed by atoms with Crippen molar-refractivity contribution in [2.75, 3.05) is 20.2 Å². The standard InChI is InChI=1S/C14H17NO2/c1-4-10-15(5-2)14(16)11-12-6-8-13(17-3)9-7-12/h1,6-9H,5,10-11H2,2-3H3. The van der Waals surface area contributed by atoms with Crippen LogP contribution in [0.2, 0.25) is 0 Å². The van der Waals surface area contributed by atoms with Gasteiger partial charge >= 0.3 is 0 Å². The van der Waals surface area contributed by atoms with Crippen LogP contribution in [0.3, 0.4) is 0 Å². The average Bonchev–Trinajstić information content (AvgIpc) is 2.36. The molecule has 0 aliphatic heterocycles. The fourth-order valence-electron chi connectivity index (χ4n) is 1.52. The summed E-state index contributed by atoms with van der Waals surface area (Å²) in [4.78, 5) is 13.5. The molecule has 0 spiro atoms. The Morgan fingerprint density at radius 3 is 2.53 bits per heavy atom. The Kier molecular flexibility index (Phi) is 5.09. The molecule has 0 saturated heterocycles. The lowest BCUT2D eigenvalue weighted by molar-refractivity contribution is -0.129. The molecule has 0 aromatic heterocycles. The van der Waals surface area contributed by atoms with E-state index in [1.807, 2.05) is 31.2 Å². The number of carbonyl (C=O) groups is 1. The van der Waals surface area contributed by atoms with Crippen molar-refractivity contribution in [3.63, 3.8) is 0 Å². The molecule has 1 rings (SSSR count). The largest absolute Gasteiger partial charge is 0.497 e. The lowest BCUT2D eigenvalue weighted by Crippen LogP contribution is -2.32. The van der Waals surface area contributed by atoms with Crippen LogP contribution in [0.4, 0.5) is 0 Å². The molecule has 0 fully saturated rings. The molecule has 17 heavy (non-hydrogen) atoms. The number of hydrogen-bond donors (Lipinski definition) is 0. The topological polar surface area (TPSA) is 29.5 Å². The maximum absolute atomic E-state index is 11.9. The van der Waals surface area contributed by atoms with Gasteiger partial charge in [-0.2, -0.15) is 0 Å². The summed E-state index contributed by atoms with van der Waals surface area (Å²) in [6.45, 7) is 2.92. The second kappa shape index (κ2) is 6.59. The van der Waals surface area contributed by atoms with E-state index < -0.39 is 0 Å². The highest BCUT2D eigenvalue weighted by Crippen LogP contribution is 2.12. The summed E-state index contributed by atoms with van der Waals surface area (Å²) in [7, 11) is 1.62. The first kappa shape index (κ1) is 13.1. The Labute approximate surface area is 102 Å². The van der Waals surface area contributed by atoms with E-state index in [4.69, 9.17) is 11.2 Å². The summed E-state index contributed by atoms with van der Waals surface area (Å²) < 4.78 is 5.06. The molecule has 1 aromatic carbocycles. The van der Waals surface area contributed by atoms with E-state index in [1.165, 1.54) is 0 Å². The number of methoxy groups -OCH3 is 1. The molecule has 90 valence electrons. The Morgan fingerprint density at radius 2 is 2.06 bits per heavy atom. The zero-order valence-electron chi connectivity index (χ0n) is 10.3. The summed E-state index contributed by atoms with van der Waals surface area (Å²) in [6.07, 6.45) is 5.59. The summed E-state index contributed by atoms with van der Waals surface area (Å²) in [6, 6.07) is 7.47. The van der Waals surface area contributed by atoms with Crippen molar-refractivity contribution in [2.45, 2.75) is 13.3 Å². The van der Waals surface area contributed by atoms with E-state index >= 15 is 0 Å². The maximum Gasteiger partial charge on any atom is 0.227 e. The third-order valence-corrected chi connectivity index (χ3v) is 2.53. The van der Waals surface area contributed by atoms with Crippen molar-refractivity contribution in [1.29, 1.82) is 0 Å². The van der Waals surface area contributed by atoms with E-state index in [9.17, 15) is 4.79 Å². The number of terminal acetylenes is 1. The van der Waals surface area contributed by atoms with E-state index in [0.29, 0.717) is 19.5 Å². The molecule has 0 atom stereocenters. The minimum absolute atomic E-state index is 0.0515. The predicted molar refractivity (Wildman–Crippen MR) is 67.8 cm³/mol. The number of amides is 1. The van der Waals surface area contributed by atoms with Crippen LogP contribution in [-0.4, -0.2) is 31.0 Å². The summed E-state index contributed by atoms with van der Waals surface area (Å²) in [5, 5.41) is 0. The fourth-order valence-corrected chi connectivity index (χ4v) is 1.52. The molecule has 0 aliphatic carbocycles. The predicted octanol–water partition coefficient (Wildman–Crippen LogP) is 1.72. The number of benzene rings is 1. The van der Waals surface area contributed by atoms with Gasteiger partial charge in [0.2, 0.25) is 5.91 Å². The minimum Gasteiger partial charge on any atom is -0.497 e. The first-order valence-electron chi connectivity index (χ1n) is 5.55. The number of carbonyl (C=O) groups excluding carboxylic acids is 1. The molecular weight excluding hydrogens is 214 g/mol. The average molecular weight is 231 g/mol. The SMILES string of the molecule is C#CCN(CC)C(=O)Cc1ccc(OC)cc1. The molecule has 3 heteroatoms. The van der Waals surface area contributed by atoms with Crippen LogP contribution in [0.1, 0.15) is 12.5 Å². The zero-order chi connectivity index (χ0) is 12.7. The summed E-state index contributed by atoms with van der Waals surface area (Å²) >= 11 is 0. The molecule has 3 nitrogen and oxygen atoms in total. The third-order valence-electron chi connectivity index (χ3n) is 2.53. The number of rotatable bonds is 5. The normalized spacial score (nSPS) is 9.47. The zero-order valence-corrected chi connectivity index (χ0v) is 10.3. The summed E-state index contributed by atoms with van der Waals surface area (Å²) in [5.74, 6) is 3.33. The number of likely N-dealkylation sites (N-methyl/N-ethyl adjacent to an activating group) is 1. The van der Waals surface area contributed by atoms with Gasteiger partial charge in [0.1, 0.15) is 5.75 Å². The van der Waals surface area contributed by atoms with Gasteiger partial charge in [0, 0.05) is 6.54 Å². The highest BCUT2D eigenvalue weighted by molar-refractivity contribution is 5.79. The van der Waals surface area contributed by atoms with Crippen LogP contribution >= 0.6 is 0 Å². The van der Waals surface area contributed by atoms with Gasteiger partial charge in [0.15, 0.2) is 0 Å². The van der Waals surface area contributed by atoms with Crippen LogP contribution in [0.25, 0.3) is 0 Å². The molecule has 0 radical (unpaired) electrons. The molecule has 0 saturated carbocycles. The fraction of sp³-hybridized carbons (Fsp3) is 0.357. The second-order valence-electron chi connectivity index (χ2n) is 3.64. The molecule has 0 bridgehead atoms. The van der Waals surface area contributed by atoms with E-state index in [2.05, 4.69) is 5.92 Å². The maximum atomic E-state index is 11.9. The monoisotopic (exact) mass is 231 g/mol. The highest BCUT2D eigenvalue weighted by atomic mass is 16.5. The van der Waals surface area contributed by atoms with Gasteiger partial charge in [-0.15, -0.1) is 6.42 Å². The Morgan fingerprint density at radius 1 is 1.41 bits per heavy atom. The van der Waals surface area contributed by atoms with Crippen LogP contribution in [0, 0.1) is 12.3 Å². The van der Waals surface area contributed by atoms with Gasteiger partial charge in [-0.05, 0) is 24.6 Å². The Bertz CT molecular complexity index is 403. The van der Waals surface area contributed by atoms with Gasteiger partial charge in [0.05, 0.1) is 20.1 Å². The number of hydrogen-bond acceptors (Lipinski definition) is 2. The van der Waals surface area contributed by atoms with Crippen molar-refractivity contribution >= 4 is 5.91 Å². The van der Waals surface area contributed by atoms with Crippen LogP contribution in [-0.2, 0) is 11.2 Å². The molecule has 0 heterocycles. The van der Waals surface area contributed by atoms with Crippen LogP contribution < -0.4 is 4.74 Å². The summed E-state index contributed by atoms with van der Waals surface area (Å²) in [5.41, 5.74) is 0.964. The Balaban J connectivity index is 2.63. The van der Waals surface area contributed by atoms with E-state index in [0.717, 1.165) is 11.3 Å². The van der Waals surface area contributed by atoms with Crippen molar-refractivity contribution in [3.8, 4) is 18.1 Å². The smallest absolute Gasteiger partial charge is 0.227 e. The second-order valence-corrected chi connectivity index (χ2v) is 3.64. The van der Waals surface area contributed by atoms with Crippen LogP contribution in [0.5, 0.6) is 5.75 Å². The lowest BCUT2D eigenvalue weighted by Gasteiger charge is -2.17. The van der Waals surface area contributed by atoms with Gasteiger partial charge in [-0.3, -0.25) is 4.79 Å². The number of nitrogens with zero attached hydrogens (tertiary/aromatic N) is 1. The Hall–Kier alpha value is -1.95. The van der Waals surface area contributed by atoms with Crippen molar-refractivity contribution in [3.05, 3.63) is 29.8 Å². The van der Waals surface area contributed by atoms with Crippen molar-refractivity contribution in [1.82, 2.24) is 4.90 Å². The lowest BCUT2D eigenvalue weighted by atomic mass is 10.1. The molecule has 0 aliphatic rings.